The Bertz CT molecular complexity index is 1270. The Morgan fingerprint density at radius 1 is 1.07 bits per heavy atom. The zero-order chi connectivity index (χ0) is 20.5. The SMILES string of the molecule is Cc1coc2c(C)c3oc(=O)c(CCC(=O)NCc4ccncc4)c(C)c3cc12. The molecule has 3 heterocycles. The van der Waals surface area contributed by atoms with Crippen LogP contribution in [0.25, 0.3) is 21.9 Å². The monoisotopic (exact) mass is 390 g/mol. The zero-order valence-electron chi connectivity index (χ0n) is 16.7. The Balaban J connectivity index is 1.59. The quantitative estimate of drug-likeness (QED) is 0.518. The first kappa shape index (κ1) is 18.9. The molecule has 0 aliphatic heterocycles. The fourth-order valence-electron chi connectivity index (χ4n) is 3.64. The van der Waals surface area contributed by atoms with Crippen LogP contribution in [0.4, 0.5) is 0 Å². The lowest BCUT2D eigenvalue weighted by Gasteiger charge is -2.10. The van der Waals surface area contributed by atoms with E-state index in [1.807, 2.05) is 39.0 Å². The summed E-state index contributed by atoms with van der Waals surface area (Å²) in [5, 5.41) is 4.76. The van der Waals surface area contributed by atoms with E-state index in [-0.39, 0.29) is 12.3 Å². The van der Waals surface area contributed by atoms with Crippen molar-refractivity contribution >= 4 is 27.8 Å². The minimum absolute atomic E-state index is 0.113. The van der Waals surface area contributed by atoms with E-state index in [9.17, 15) is 9.59 Å². The van der Waals surface area contributed by atoms with Crippen LogP contribution in [-0.2, 0) is 17.8 Å². The van der Waals surface area contributed by atoms with Gasteiger partial charge < -0.3 is 14.2 Å². The molecule has 3 aromatic heterocycles. The average molecular weight is 390 g/mol. The van der Waals surface area contributed by atoms with Crippen molar-refractivity contribution in [3.05, 3.63) is 75.1 Å². The molecule has 1 aromatic carbocycles. The maximum absolute atomic E-state index is 12.6. The van der Waals surface area contributed by atoms with Crippen molar-refractivity contribution in [3.63, 3.8) is 0 Å². The number of pyridine rings is 1. The number of fused-ring (bicyclic) bond motifs is 2. The van der Waals surface area contributed by atoms with Gasteiger partial charge in [0, 0.05) is 47.3 Å². The number of furan rings is 1. The summed E-state index contributed by atoms with van der Waals surface area (Å²) in [4.78, 5) is 28.8. The predicted octanol–water partition coefficient (Wildman–Crippen LogP) is 4.11. The fourth-order valence-corrected chi connectivity index (χ4v) is 3.64. The van der Waals surface area contributed by atoms with Crippen LogP contribution in [0.2, 0.25) is 0 Å². The number of benzene rings is 1. The van der Waals surface area contributed by atoms with Gasteiger partial charge in [-0.25, -0.2) is 4.79 Å². The van der Waals surface area contributed by atoms with Gasteiger partial charge in [0.25, 0.3) is 0 Å². The maximum atomic E-state index is 12.6. The minimum Gasteiger partial charge on any atom is -0.464 e. The van der Waals surface area contributed by atoms with Gasteiger partial charge in [-0.1, -0.05) is 0 Å². The second-order valence-corrected chi connectivity index (χ2v) is 7.30. The minimum atomic E-state index is -0.400. The highest BCUT2D eigenvalue weighted by Crippen LogP contribution is 2.32. The lowest BCUT2D eigenvalue weighted by molar-refractivity contribution is -0.121. The topological polar surface area (TPSA) is 85.3 Å². The van der Waals surface area contributed by atoms with Crippen molar-refractivity contribution in [3.8, 4) is 0 Å². The first-order valence-electron chi connectivity index (χ1n) is 9.55. The summed E-state index contributed by atoms with van der Waals surface area (Å²) < 4.78 is 11.3. The fraction of sp³-hybridized carbons (Fsp3) is 0.261. The highest BCUT2D eigenvalue weighted by Gasteiger charge is 2.18. The second kappa shape index (κ2) is 7.54. The summed E-state index contributed by atoms with van der Waals surface area (Å²) in [5.41, 5.74) is 5.09. The van der Waals surface area contributed by atoms with Crippen LogP contribution in [0.5, 0.6) is 0 Å². The van der Waals surface area contributed by atoms with Crippen LogP contribution in [0.1, 0.15) is 34.2 Å². The van der Waals surface area contributed by atoms with E-state index in [0.29, 0.717) is 24.1 Å². The number of amides is 1. The lowest BCUT2D eigenvalue weighted by atomic mass is 9.98. The van der Waals surface area contributed by atoms with Crippen LogP contribution in [0.3, 0.4) is 0 Å². The molecular weight excluding hydrogens is 368 g/mol. The van der Waals surface area contributed by atoms with E-state index in [4.69, 9.17) is 8.83 Å². The molecule has 0 atom stereocenters. The van der Waals surface area contributed by atoms with Crippen molar-refractivity contribution in [2.24, 2.45) is 0 Å². The molecule has 29 heavy (non-hydrogen) atoms. The first-order valence-corrected chi connectivity index (χ1v) is 9.55. The van der Waals surface area contributed by atoms with Gasteiger partial charge in [0.2, 0.25) is 5.91 Å². The number of hydrogen-bond acceptors (Lipinski definition) is 5. The molecule has 0 radical (unpaired) electrons. The molecular formula is C23H22N2O4. The highest BCUT2D eigenvalue weighted by atomic mass is 16.4. The van der Waals surface area contributed by atoms with Crippen molar-refractivity contribution < 1.29 is 13.6 Å². The number of nitrogens with zero attached hydrogens (tertiary/aromatic N) is 1. The summed E-state index contributed by atoms with van der Waals surface area (Å²) in [6, 6.07) is 5.70. The second-order valence-electron chi connectivity index (χ2n) is 7.30. The normalized spacial score (nSPS) is 11.3. The summed E-state index contributed by atoms with van der Waals surface area (Å²) in [6.07, 6.45) is 5.62. The number of carbonyl (C=O) groups is 1. The van der Waals surface area contributed by atoms with E-state index < -0.39 is 5.63 Å². The van der Waals surface area contributed by atoms with Gasteiger partial charge in [-0.3, -0.25) is 9.78 Å². The molecule has 148 valence electrons. The van der Waals surface area contributed by atoms with Crippen LogP contribution < -0.4 is 10.9 Å². The molecule has 0 spiro atoms. The van der Waals surface area contributed by atoms with Gasteiger partial charge >= 0.3 is 5.63 Å². The average Bonchev–Trinajstić information content (AvgIpc) is 3.09. The van der Waals surface area contributed by atoms with Gasteiger partial charge in [0.15, 0.2) is 0 Å². The molecule has 4 aromatic rings. The molecule has 0 aliphatic rings. The Hall–Kier alpha value is -3.41. The molecule has 0 saturated heterocycles. The maximum Gasteiger partial charge on any atom is 0.339 e. The van der Waals surface area contributed by atoms with Crippen molar-refractivity contribution in [2.75, 3.05) is 0 Å². The van der Waals surface area contributed by atoms with Crippen LogP contribution in [0, 0.1) is 20.8 Å². The van der Waals surface area contributed by atoms with Gasteiger partial charge in [-0.05, 0) is 62.1 Å². The number of nitrogens with one attached hydrogen (secondary N) is 1. The van der Waals surface area contributed by atoms with Gasteiger partial charge in [0.1, 0.15) is 11.2 Å². The molecule has 0 fully saturated rings. The summed E-state index contributed by atoms with van der Waals surface area (Å²) in [5.74, 6) is -0.113. The largest absolute Gasteiger partial charge is 0.464 e. The molecule has 0 aliphatic carbocycles. The van der Waals surface area contributed by atoms with E-state index in [1.165, 1.54) is 0 Å². The van der Waals surface area contributed by atoms with Crippen LogP contribution in [0.15, 0.2) is 50.5 Å². The molecule has 0 unspecified atom stereocenters. The number of aromatic nitrogens is 1. The van der Waals surface area contributed by atoms with Crippen LogP contribution >= 0.6 is 0 Å². The highest BCUT2D eigenvalue weighted by molar-refractivity contribution is 5.99. The third kappa shape index (κ3) is 3.53. The van der Waals surface area contributed by atoms with E-state index in [0.717, 1.165) is 38.6 Å². The summed E-state index contributed by atoms with van der Waals surface area (Å²) >= 11 is 0. The molecule has 1 amide bonds. The number of rotatable bonds is 5. The van der Waals surface area contributed by atoms with E-state index in [2.05, 4.69) is 10.3 Å². The Labute approximate surface area is 167 Å². The smallest absolute Gasteiger partial charge is 0.339 e. The summed E-state index contributed by atoms with van der Waals surface area (Å²) in [6.45, 7) is 6.22. The third-order valence-corrected chi connectivity index (χ3v) is 5.38. The molecule has 6 nitrogen and oxygen atoms in total. The zero-order valence-corrected chi connectivity index (χ0v) is 16.7. The van der Waals surface area contributed by atoms with Gasteiger partial charge in [-0.2, -0.15) is 0 Å². The van der Waals surface area contributed by atoms with Crippen molar-refractivity contribution in [1.29, 1.82) is 0 Å². The van der Waals surface area contributed by atoms with Crippen LogP contribution in [-0.4, -0.2) is 10.9 Å². The van der Waals surface area contributed by atoms with E-state index >= 15 is 0 Å². The number of carbonyl (C=O) groups excluding carboxylic acids is 1. The van der Waals surface area contributed by atoms with Crippen molar-refractivity contribution in [2.45, 2.75) is 40.2 Å². The molecule has 6 heteroatoms. The standard InChI is InChI=1S/C23H22N2O4/c1-13-12-28-21-15(3)22-19(10-18(13)21)14(2)17(23(27)29-22)4-5-20(26)25-11-16-6-8-24-9-7-16/h6-10,12H,4-5,11H2,1-3H3,(H,25,26). The predicted molar refractivity (Wildman–Crippen MR) is 111 cm³/mol. The van der Waals surface area contributed by atoms with E-state index in [1.54, 1.807) is 18.7 Å². The number of aryl methyl sites for hydroxylation is 3. The summed E-state index contributed by atoms with van der Waals surface area (Å²) in [7, 11) is 0. The van der Waals surface area contributed by atoms with Crippen molar-refractivity contribution in [1.82, 2.24) is 10.3 Å². The lowest BCUT2D eigenvalue weighted by Crippen LogP contribution is -2.24. The Kier molecular flexibility index (Phi) is 4.92. The first-order chi connectivity index (χ1) is 14.0. The Morgan fingerprint density at radius 3 is 2.59 bits per heavy atom. The number of hydrogen-bond donors (Lipinski definition) is 1. The third-order valence-electron chi connectivity index (χ3n) is 5.38. The molecule has 1 N–H and O–H groups in total. The Morgan fingerprint density at radius 2 is 1.83 bits per heavy atom. The molecule has 0 saturated carbocycles. The molecule has 0 bridgehead atoms. The molecule has 4 rings (SSSR count). The van der Waals surface area contributed by atoms with Gasteiger partial charge in [0.05, 0.1) is 6.26 Å². The van der Waals surface area contributed by atoms with Gasteiger partial charge in [-0.15, -0.1) is 0 Å².